The number of benzene rings is 1. The molecular formula is C10H16N2O3S2. The minimum absolute atomic E-state index is 0.0833. The molecule has 0 spiro atoms. The Morgan fingerprint density at radius 1 is 1.41 bits per heavy atom. The van der Waals surface area contributed by atoms with Crippen LogP contribution in [0.4, 0.5) is 5.69 Å². The first-order chi connectivity index (χ1) is 7.95. The van der Waals surface area contributed by atoms with Crippen LogP contribution >= 0.6 is 11.8 Å². The molecule has 1 rings (SSSR count). The summed E-state index contributed by atoms with van der Waals surface area (Å²) in [5.74, 6) is 0.764. The topological polar surface area (TPSA) is 95.4 Å². The van der Waals surface area contributed by atoms with E-state index in [0.29, 0.717) is 17.2 Å². The summed E-state index contributed by atoms with van der Waals surface area (Å²) in [7, 11) is -2.10. The number of sulfonamides is 1. The van der Waals surface area contributed by atoms with Gasteiger partial charge in [-0.2, -0.15) is 0 Å². The van der Waals surface area contributed by atoms with Crippen molar-refractivity contribution in [2.75, 3.05) is 25.2 Å². The molecule has 0 aliphatic heterocycles. The second-order valence-electron chi connectivity index (χ2n) is 3.45. The molecule has 0 aliphatic rings. The van der Waals surface area contributed by atoms with Crippen LogP contribution in [-0.2, 0) is 14.8 Å². The number of nitrogen functional groups attached to an aromatic ring is 1. The standard InChI is InChI=1S/C10H16N2O3S2/c1-15-5-2-6-16-9-4-3-8(11)7-10(9)17(12,13)14/h3-4,7H,2,5-6,11H2,1H3,(H2,12,13,14). The van der Waals surface area contributed by atoms with Gasteiger partial charge in [0.25, 0.3) is 0 Å². The Kier molecular flexibility index (Phi) is 5.26. The van der Waals surface area contributed by atoms with Crippen molar-refractivity contribution in [2.45, 2.75) is 16.2 Å². The van der Waals surface area contributed by atoms with Gasteiger partial charge in [0.2, 0.25) is 10.0 Å². The summed E-state index contributed by atoms with van der Waals surface area (Å²) < 4.78 is 27.7. The highest BCUT2D eigenvalue weighted by molar-refractivity contribution is 8.00. The Morgan fingerprint density at radius 3 is 2.71 bits per heavy atom. The van der Waals surface area contributed by atoms with Crippen LogP contribution in [0.25, 0.3) is 0 Å². The van der Waals surface area contributed by atoms with Crippen molar-refractivity contribution < 1.29 is 13.2 Å². The maximum Gasteiger partial charge on any atom is 0.239 e. The van der Waals surface area contributed by atoms with Gasteiger partial charge in [-0.05, 0) is 24.6 Å². The van der Waals surface area contributed by atoms with E-state index in [1.165, 1.54) is 17.8 Å². The van der Waals surface area contributed by atoms with E-state index >= 15 is 0 Å². The molecule has 7 heteroatoms. The van der Waals surface area contributed by atoms with Crippen LogP contribution in [0.15, 0.2) is 28.0 Å². The number of anilines is 1. The summed E-state index contributed by atoms with van der Waals surface area (Å²) in [5.41, 5.74) is 5.94. The van der Waals surface area contributed by atoms with Crippen molar-refractivity contribution >= 4 is 27.5 Å². The first-order valence-electron chi connectivity index (χ1n) is 4.99. The first-order valence-corrected chi connectivity index (χ1v) is 7.52. The molecule has 0 heterocycles. The van der Waals surface area contributed by atoms with Crippen LogP contribution < -0.4 is 10.9 Å². The number of rotatable bonds is 6. The van der Waals surface area contributed by atoms with Crippen molar-refractivity contribution in [3.8, 4) is 0 Å². The lowest BCUT2D eigenvalue weighted by Crippen LogP contribution is -2.13. The van der Waals surface area contributed by atoms with Gasteiger partial charge in [-0.25, -0.2) is 13.6 Å². The number of methoxy groups -OCH3 is 1. The zero-order valence-corrected chi connectivity index (χ0v) is 11.2. The Labute approximate surface area is 106 Å². The summed E-state index contributed by atoms with van der Waals surface area (Å²) in [6, 6.07) is 4.72. The molecule has 4 N–H and O–H groups in total. The molecule has 0 unspecified atom stereocenters. The molecule has 0 fully saturated rings. The third-order valence-corrected chi connectivity index (χ3v) is 4.26. The van der Waals surface area contributed by atoms with E-state index in [0.717, 1.165) is 12.2 Å². The van der Waals surface area contributed by atoms with Crippen LogP contribution in [0.2, 0.25) is 0 Å². The van der Waals surface area contributed by atoms with Gasteiger partial charge < -0.3 is 10.5 Å². The number of primary sulfonamides is 1. The van der Waals surface area contributed by atoms with Crippen molar-refractivity contribution in [3.05, 3.63) is 18.2 Å². The minimum Gasteiger partial charge on any atom is -0.399 e. The van der Waals surface area contributed by atoms with Crippen molar-refractivity contribution in [2.24, 2.45) is 5.14 Å². The Hall–Kier alpha value is -0.760. The zero-order chi connectivity index (χ0) is 12.9. The van der Waals surface area contributed by atoms with Crippen LogP contribution in [0.3, 0.4) is 0 Å². The molecule has 5 nitrogen and oxygen atoms in total. The van der Waals surface area contributed by atoms with Crippen molar-refractivity contribution in [1.82, 2.24) is 0 Å². The van der Waals surface area contributed by atoms with E-state index in [1.807, 2.05) is 0 Å². The maximum atomic E-state index is 11.4. The highest BCUT2D eigenvalue weighted by atomic mass is 32.2. The van der Waals surface area contributed by atoms with Gasteiger partial charge in [-0.3, -0.25) is 0 Å². The average Bonchev–Trinajstić information content (AvgIpc) is 2.25. The molecule has 0 radical (unpaired) electrons. The van der Waals surface area contributed by atoms with Gasteiger partial charge in [0.05, 0.1) is 4.90 Å². The summed E-state index contributed by atoms with van der Waals surface area (Å²) in [5, 5.41) is 5.14. The number of thioether (sulfide) groups is 1. The summed E-state index contributed by atoms with van der Waals surface area (Å²) in [6.45, 7) is 0.646. The minimum atomic E-state index is -3.73. The Balaban J connectivity index is 2.84. The summed E-state index contributed by atoms with van der Waals surface area (Å²) in [6.07, 6.45) is 0.843. The number of hydrogen-bond acceptors (Lipinski definition) is 5. The lowest BCUT2D eigenvalue weighted by molar-refractivity contribution is 0.200. The fourth-order valence-electron chi connectivity index (χ4n) is 1.25. The highest BCUT2D eigenvalue weighted by Crippen LogP contribution is 2.28. The van der Waals surface area contributed by atoms with E-state index < -0.39 is 10.0 Å². The van der Waals surface area contributed by atoms with Crippen LogP contribution in [0.5, 0.6) is 0 Å². The molecule has 1 aromatic rings. The molecule has 0 saturated heterocycles. The first kappa shape index (κ1) is 14.3. The molecule has 0 amide bonds. The van der Waals surface area contributed by atoms with Crippen molar-refractivity contribution in [1.29, 1.82) is 0 Å². The van der Waals surface area contributed by atoms with Gasteiger partial charge in [0, 0.05) is 30.1 Å². The summed E-state index contributed by atoms with van der Waals surface area (Å²) >= 11 is 1.43. The lowest BCUT2D eigenvalue weighted by atomic mass is 10.3. The third-order valence-electron chi connectivity index (χ3n) is 2.02. The molecule has 0 atom stereocenters. The van der Waals surface area contributed by atoms with E-state index in [4.69, 9.17) is 15.6 Å². The molecule has 0 bridgehead atoms. The second kappa shape index (κ2) is 6.25. The fraction of sp³-hybridized carbons (Fsp3) is 0.400. The van der Waals surface area contributed by atoms with E-state index in [2.05, 4.69) is 0 Å². The predicted octanol–water partition coefficient (Wildman–Crippen LogP) is 1.04. The molecule has 96 valence electrons. The van der Waals surface area contributed by atoms with Crippen molar-refractivity contribution in [3.63, 3.8) is 0 Å². The maximum absolute atomic E-state index is 11.4. The predicted molar refractivity (Wildman–Crippen MR) is 69.4 cm³/mol. The van der Waals surface area contributed by atoms with Gasteiger partial charge in [0.1, 0.15) is 0 Å². The van der Waals surface area contributed by atoms with Crippen LogP contribution in [-0.4, -0.2) is 27.9 Å². The molecule has 17 heavy (non-hydrogen) atoms. The number of nitrogens with two attached hydrogens (primary N) is 2. The SMILES string of the molecule is COCCCSc1ccc(N)cc1S(N)(=O)=O. The second-order valence-corrected chi connectivity index (χ2v) is 6.11. The normalized spacial score (nSPS) is 11.6. The van der Waals surface area contributed by atoms with Crippen LogP contribution in [0, 0.1) is 0 Å². The average molecular weight is 276 g/mol. The molecule has 1 aromatic carbocycles. The summed E-state index contributed by atoms with van der Waals surface area (Å²) in [4.78, 5) is 0.706. The number of ether oxygens (including phenoxy) is 1. The molecule has 0 aliphatic carbocycles. The van der Waals surface area contributed by atoms with E-state index in [-0.39, 0.29) is 4.90 Å². The smallest absolute Gasteiger partial charge is 0.239 e. The largest absolute Gasteiger partial charge is 0.399 e. The lowest BCUT2D eigenvalue weighted by Gasteiger charge is -2.08. The van der Waals surface area contributed by atoms with Gasteiger partial charge >= 0.3 is 0 Å². The van der Waals surface area contributed by atoms with Gasteiger partial charge in [-0.15, -0.1) is 11.8 Å². The number of hydrogen-bond donors (Lipinski definition) is 2. The third kappa shape index (κ3) is 4.55. The molecule has 0 saturated carbocycles. The molecule has 0 aromatic heterocycles. The monoisotopic (exact) mass is 276 g/mol. The zero-order valence-electron chi connectivity index (χ0n) is 9.55. The van der Waals surface area contributed by atoms with Crippen LogP contribution in [0.1, 0.15) is 6.42 Å². The van der Waals surface area contributed by atoms with E-state index in [9.17, 15) is 8.42 Å². The quantitative estimate of drug-likeness (QED) is 0.460. The van der Waals surface area contributed by atoms with Gasteiger partial charge in [0.15, 0.2) is 0 Å². The highest BCUT2D eigenvalue weighted by Gasteiger charge is 2.14. The Morgan fingerprint density at radius 2 is 2.12 bits per heavy atom. The van der Waals surface area contributed by atoms with Gasteiger partial charge in [-0.1, -0.05) is 0 Å². The van der Waals surface area contributed by atoms with E-state index in [1.54, 1.807) is 19.2 Å². The fourth-order valence-corrected chi connectivity index (χ4v) is 3.27. The Bertz CT molecular complexity index is 474. The molecular weight excluding hydrogens is 260 g/mol.